The number of aryl methyl sites for hydroxylation is 2. The molecular formula is C49H58SiZr-4. The molecule has 0 bridgehead atoms. The van der Waals surface area contributed by atoms with Gasteiger partial charge in [0.05, 0.1) is 0 Å². The van der Waals surface area contributed by atoms with Gasteiger partial charge in [-0.25, -0.2) is 0 Å². The van der Waals surface area contributed by atoms with Gasteiger partial charge in [0.2, 0.25) is 0 Å². The third-order valence-corrected chi connectivity index (χ3v) is 11.3. The van der Waals surface area contributed by atoms with Gasteiger partial charge in [-0.15, -0.1) is 68.6 Å². The van der Waals surface area contributed by atoms with Crippen molar-refractivity contribution in [1.29, 1.82) is 0 Å². The van der Waals surface area contributed by atoms with Crippen LogP contribution in [0, 0.1) is 28.7 Å². The van der Waals surface area contributed by atoms with Gasteiger partial charge in [-0.1, -0.05) is 138 Å². The molecule has 0 aromatic heterocycles. The monoisotopic (exact) mass is 764 g/mol. The first-order chi connectivity index (χ1) is 23.9. The third-order valence-electron chi connectivity index (χ3n) is 11.3. The molecule has 0 saturated heterocycles. The molecule has 0 unspecified atom stereocenters. The maximum absolute atomic E-state index is 3.06. The fourth-order valence-corrected chi connectivity index (χ4v) is 8.43. The fraction of sp³-hybridized carbons (Fsp3) is 0.347. The molecule has 0 amide bonds. The summed E-state index contributed by atoms with van der Waals surface area (Å²) in [6.07, 6.45) is 13.9. The van der Waals surface area contributed by atoms with Crippen LogP contribution in [0.3, 0.4) is 0 Å². The van der Waals surface area contributed by atoms with Crippen LogP contribution in [-0.2, 0) is 23.3 Å². The number of hydrogen-bond acceptors (Lipinski definition) is 0. The van der Waals surface area contributed by atoms with Crippen molar-refractivity contribution >= 4 is 28.4 Å². The van der Waals surface area contributed by atoms with E-state index in [1.807, 2.05) is 0 Å². The third kappa shape index (κ3) is 9.60. The standard InChI is InChI=1S/C24H27.C23H25.2CH3.Si.Zr/c1-17(2)22-15-21-9-6-10-23(24(21)16-22)20-13-11-19(12-14-20)18-7-4-3-5-8-18;1-16-14-22-17(2)8-13-21(23(22)15-16)20-11-9-19(10-12-20)18-6-4-3-5-7-18;;;;/h6,9-18H,3-5,7-8H2,1-2H3;8-15,18H,3-7H2,1-2H3;2*1H3;;/q4*-1;;. The topological polar surface area (TPSA) is 0 Å². The molecule has 2 heteroatoms. The van der Waals surface area contributed by atoms with Crippen molar-refractivity contribution in [3.05, 3.63) is 146 Å². The Morgan fingerprint density at radius 2 is 1.10 bits per heavy atom. The van der Waals surface area contributed by atoms with E-state index in [2.05, 4.69) is 138 Å². The van der Waals surface area contributed by atoms with E-state index in [1.54, 1.807) is 0 Å². The summed E-state index contributed by atoms with van der Waals surface area (Å²) in [4.78, 5) is 0. The molecule has 0 heterocycles. The van der Waals surface area contributed by atoms with Crippen molar-refractivity contribution in [3.63, 3.8) is 0 Å². The van der Waals surface area contributed by atoms with E-state index in [0.717, 1.165) is 11.8 Å². The van der Waals surface area contributed by atoms with Crippen LogP contribution >= 0.6 is 0 Å². The zero-order valence-corrected chi connectivity index (χ0v) is 35.6. The van der Waals surface area contributed by atoms with E-state index < -0.39 is 0 Å². The summed E-state index contributed by atoms with van der Waals surface area (Å²) in [6.45, 7) is 12.0. The normalized spacial score (nSPS) is 14.9. The second kappa shape index (κ2) is 19.3. The van der Waals surface area contributed by atoms with Crippen molar-refractivity contribution < 1.29 is 23.3 Å². The van der Waals surface area contributed by atoms with Gasteiger partial charge in [0.25, 0.3) is 0 Å². The Kier molecular flexibility index (Phi) is 15.5. The van der Waals surface area contributed by atoms with Gasteiger partial charge >= 0.3 is 30.2 Å². The molecule has 0 nitrogen and oxygen atoms in total. The number of benzene rings is 4. The van der Waals surface area contributed by atoms with E-state index in [0.29, 0.717) is 5.92 Å². The minimum atomic E-state index is 0. The van der Waals surface area contributed by atoms with Crippen LogP contribution in [0.5, 0.6) is 0 Å². The zero-order valence-electron chi connectivity index (χ0n) is 32.1. The Hall–Kier alpha value is -2.80. The molecule has 0 atom stereocenters. The van der Waals surface area contributed by atoms with Gasteiger partial charge in [0.1, 0.15) is 0 Å². The molecule has 6 aromatic carbocycles. The predicted molar refractivity (Wildman–Crippen MR) is 224 cm³/mol. The summed E-state index contributed by atoms with van der Waals surface area (Å²) in [6, 6.07) is 39.4. The van der Waals surface area contributed by atoms with E-state index in [9.17, 15) is 0 Å². The molecule has 2 radical (unpaired) electrons. The van der Waals surface area contributed by atoms with Crippen LogP contribution in [0.1, 0.15) is 124 Å². The average Bonchev–Trinajstić information content (AvgIpc) is 3.79. The summed E-state index contributed by atoms with van der Waals surface area (Å²) >= 11 is 1.36. The molecule has 2 fully saturated rings. The van der Waals surface area contributed by atoms with Gasteiger partial charge in [0, 0.05) is 0 Å². The van der Waals surface area contributed by atoms with Gasteiger partial charge in [-0.05, 0) is 65.7 Å². The van der Waals surface area contributed by atoms with Crippen LogP contribution in [0.2, 0.25) is 0 Å². The Labute approximate surface area is 327 Å². The first-order valence-corrected chi connectivity index (χ1v) is 22.9. The van der Waals surface area contributed by atoms with Crippen molar-refractivity contribution in [1.82, 2.24) is 0 Å². The Morgan fingerprint density at radius 3 is 1.61 bits per heavy atom. The van der Waals surface area contributed by atoms with Gasteiger partial charge in [-0.2, -0.15) is 12.1 Å². The zero-order chi connectivity index (χ0) is 34.3. The van der Waals surface area contributed by atoms with Gasteiger partial charge < -0.3 is 14.9 Å². The fourth-order valence-electron chi connectivity index (χ4n) is 8.43. The molecule has 2 aliphatic rings. The second-order valence-electron chi connectivity index (χ2n) is 15.0. The Balaban J connectivity index is 0.000000210. The molecule has 2 saturated carbocycles. The molecule has 51 heavy (non-hydrogen) atoms. The van der Waals surface area contributed by atoms with Crippen LogP contribution in [-0.4, -0.2) is 6.88 Å². The minimum absolute atomic E-state index is 0. The molecular weight excluding hydrogens is 708 g/mol. The Morgan fingerprint density at radius 1 is 0.588 bits per heavy atom. The van der Waals surface area contributed by atoms with Crippen molar-refractivity contribution in [2.75, 3.05) is 0 Å². The van der Waals surface area contributed by atoms with Crippen molar-refractivity contribution in [2.24, 2.45) is 0 Å². The molecule has 0 spiro atoms. The van der Waals surface area contributed by atoms with Crippen LogP contribution in [0.25, 0.3) is 43.8 Å². The number of hydrogen-bond donors (Lipinski definition) is 0. The molecule has 8 rings (SSSR count). The summed E-state index contributed by atoms with van der Waals surface area (Å²) in [7, 11) is 0. The van der Waals surface area contributed by atoms with E-state index >= 15 is 0 Å². The van der Waals surface area contributed by atoms with E-state index in [1.165, 1.54) is 159 Å². The first-order valence-electron chi connectivity index (χ1n) is 18.8. The summed E-state index contributed by atoms with van der Waals surface area (Å²) < 4.78 is 0. The summed E-state index contributed by atoms with van der Waals surface area (Å²) in [5.41, 5.74) is 12.7. The Bertz CT molecular complexity index is 1940. The molecule has 0 aliphatic heterocycles. The number of fused-ring (bicyclic) bond motifs is 2. The van der Waals surface area contributed by atoms with Crippen molar-refractivity contribution in [2.45, 2.75) is 110 Å². The second-order valence-corrected chi connectivity index (χ2v) is 15.0. The van der Waals surface area contributed by atoms with Gasteiger partial charge in [0.15, 0.2) is 0 Å². The SMILES string of the molecule is CC(C)c1cc2c(-c3ccc(C4CCCCC4)cc3)cccc2[cH-]1.Cc1cc2c(-c3ccc(C4CCCCC4)cc3)ccc(C)c2[cH-]1.[CH3-].[CH3-].[Si]=[Zr]. The number of rotatable bonds is 5. The van der Waals surface area contributed by atoms with Crippen LogP contribution in [0.4, 0.5) is 0 Å². The van der Waals surface area contributed by atoms with Crippen molar-refractivity contribution in [3.8, 4) is 22.3 Å². The molecule has 0 N–H and O–H groups in total. The molecule has 2 aliphatic carbocycles. The maximum atomic E-state index is 3.06. The first kappa shape index (κ1) is 41.0. The average molecular weight is 766 g/mol. The van der Waals surface area contributed by atoms with Crippen LogP contribution < -0.4 is 0 Å². The van der Waals surface area contributed by atoms with E-state index in [4.69, 9.17) is 0 Å². The van der Waals surface area contributed by atoms with Crippen LogP contribution in [0.15, 0.2) is 103 Å². The summed E-state index contributed by atoms with van der Waals surface area (Å²) in [5, 5.41) is 5.56. The van der Waals surface area contributed by atoms with E-state index in [-0.39, 0.29) is 14.9 Å². The van der Waals surface area contributed by atoms with Gasteiger partial charge in [-0.3, -0.25) is 0 Å². The molecule has 6 aromatic rings. The predicted octanol–water partition coefficient (Wildman–Crippen LogP) is 14.8. The molecule has 266 valence electrons. The summed E-state index contributed by atoms with van der Waals surface area (Å²) in [5.74, 6) is 2.16. The quantitative estimate of drug-likeness (QED) is 0.121.